The topological polar surface area (TPSA) is 230 Å². The van der Waals surface area contributed by atoms with Crippen molar-refractivity contribution >= 4 is 19.8 Å². The Morgan fingerprint density at radius 1 is 0.561 bits per heavy atom. The number of unbranched alkanes of at least 4 members (excludes halogenated alkanes) is 7. The molecule has 7 N–H and O–H groups in total. The van der Waals surface area contributed by atoms with E-state index in [1.54, 1.807) is 6.08 Å². The molecule has 374 valence electrons. The van der Waals surface area contributed by atoms with Gasteiger partial charge in [-0.25, -0.2) is 4.57 Å². The van der Waals surface area contributed by atoms with Gasteiger partial charge in [0.05, 0.1) is 12.7 Å². The second-order valence-electron chi connectivity index (χ2n) is 16.1. The number of hydrogen-bond donors (Lipinski definition) is 7. The lowest BCUT2D eigenvalue weighted by molar-refractivity contribution is -0.220. The standard InChI is InChI=1S/C51H81O14P/c1-3-5-7-9-11-12-13-14-15-16-17-18-19-24-27-31-35-39-45(54)64-43(41-63-66(60,61)65-51-49(58)47(56)46(55)48(57)50(51)59)40-62-44(53)38-34-30-26-23-21-20-22-25-29-33-37-42(52)36-32-28-10-8-6-4-2/h6,8,14-15,17-18,20-21,24-30,32-33,37,42-43,46-52,55-59H,3-5,7,9-13,16,19,22-23,31,34-36,38-41H2,1-2H3,(H,60,61)/b8-6-,15-14-,18-17-,21-20-,27-24-,29-25-,30-26-,32-28-,37-33+/t42?,43-,46?,47-,48+,49-,50-,51?/m1/s1. The van der Waals surface area contributed by atoms with Crippen LogP contribution in [0.25, 0.3) is 0 Å². The van der Waals surface area contributed by atoms with Gasteiger partial charge in [-0.05, 0) is 77.0 Å². The molecule has 1 aliphatic rings. The molecule has 0 amide bonds. The van der Waals surface area contributed by atoms with Crippen molar-refractivity contribution < 1.29 is 68.2 Å². The Morgan fingerprint density at radius 3 is 1.70 bits per heavy atom. The molecule has 0 aromatic carbocycles. The molecule has 1 fully saturated rings. The Balaban J connectivity index is 2.57. The first-order valence-corrected chi connectivity index (χ1v) is 25.3. The number of phosphoric ester groups is 1. The van der Waals surface area contributed by atoms with Gasteiger partial charge in [-0.3, -0.25) is 18.6 Å². The van der Waals surface area contributed by atoms with Gasteiger partial charge in [0, 0.05) is 12.8 Å². The summed E-state index contributed by atoms with van der Waals surface area (Å²) in [6.45, 7) is 2.99. The van der Waals surface area contributed by atoms with Crippen molar-refractivity contribution in [2.24, 2.45) is 0 Å². The van der Waals surface area contributed by atoms with Crippen molar-refractivity contribution in [3.8, 4) is 0 Å². The Kier molecular flexibility index (Phi) is 36.2. The minimum absolute atomic E-state index is 0.00139. The zero-order chi connectivity index (χ0) is 48.7. The quantitative estimate of drug-likeness (QED) is 0.0102. The summed E-state index contributed by atoms with van der Waals surface area (Å²) in [7, 11) is -5.17. The van der Waals surface area contributed by atoms with Crippen molar-refractivity contribution in [1.29, 1.82) is 0 Å². The first-order chi connectivity index (χ1) is 31.8. The largest absolute Gasteiger partial charge is 0.472 e. The maximum Gasteiger partial charge on any atom is 0.472 e. The molecule has 9 atom stereocenters. The summed E-state index contributed by atoms with van der Waals surface area (Å²) in [5, 5.41) is 60.2. The lowest BCUT2D eigenvalue weighted by Gasteiger charge is -2.41. The number of carbonyl (C=O) groups is 2. The van der Waals surface area contributed by atoms with E-state index < -0.39 is 81.8 Å². The van der Waals surface area contributed by atoms with Crippen LogP contribution in [-0.2, 0) is 32.7 Å². The summed E-state index contributed by atoms with van der Waals surface area (Å²) in [6.07, 6.45) is 37.5. The zero-order valence-corrected chi connectivity index (χ0v) is 40.2. The van der Waals surface area contributed by atoms with Crippen LogP contribution in [0.1, 0.15) is 136 Å². The van der Waals surface area contributed by atoms with Crippen LogP contribution >= 0.6 is 7.82 Å². The fourth-order valence-electron chi connectivity index (χ4n) is 6.35. The number of aliphatic hydroxyl groups excluding tert-OH is 6. The molecule has 0 aliphatic heterocycles. The number of carbonyl (C=O) groups excluding carboxylic acids is 2. The number of rotatable bonds is 37. The third-order valence-corrected chi connectivity index (χ3v) is 11.2. The number of esters is 2. The van der Waals surface area contributed by atoms with Crippen molar-refractivity contribution in [2.45, 2.75) is 185 Å². The predicted molar refractivity (Wildman–Crippen MR) is 259 cm³/mol. The third kappa shape index (κ3) is 31.4. The van der Waals surface area contributed by atoms with Crippen LogP contribution in [0.5, 0.6) is 0 Å². The molecule has 0 aromatic heterocycles. The van der Waals surface area contributed by atoms with Gasteiger partial charge in [-0.15, -0.1) is 0 Å². The molecule has 4 unspecified atom stereocenters. The van der Waals surface area contributed by atoms with E-state index in [0.29, 0.717) is 38.5 Å². The highest BCUT2D eigenvalue weighted by atomic mass is 31.2. The fraction of sp³-hybridized carbons (Fsp3) is 0.608. The minimum Gasteiger partial charge on any atom is -0.462 e. The van der Waals surface area contributed by atoms with E-state index in [0.717, 1.165) is 32.1 Å². The zero-order valence-electron chi connectivity index (χ0n) is 39.3. The molecule has 0 aromatic rings. The highest BCUT2D eigenvalue weighted by Crippen LogP contribution is 2.47. The van der Waals surface area contributed by atoms with Crippen LogP contribution in [0, 0.1) is 0 Å². The molecule has 1 rings (SSSR count). The number of aliphatic hydroxyl groups is 6. The fourth-order valence-corrected chi connectivity index (χ4v) is 7.33. The molecular weight excluding hydrogens is 868 g/mol. The monoisotopic (exact) mass is 949 g/mol. The number of allylic oxidation sites excluding steroid dienone is 16. The molecule has 14 nitrogen and oxygen atoms in total. The van der Waals surface area contributed by atoms with Crippen LogP contribution < -0.4 is 0 Å². The molecule has 66 heavy (non-hydrogen) atoms. The van der Waals surface area contributed by atoms with E-state index in [9.17, 15) is 49.7 Å². The van der Waals surface area contributed by atoms with Crippen LogP contribution in [-0.4, -0.2) is 110 Å². The van der Waals surface area contributed by atoms with Gasteiger partial charge < -0.3 is 45.0 Å². The van der Waals surface area contributed by atoms with E-state index in [-0.39, 0.29) is 12.8 Å². The smallest absolute Gasteiger partial charge is 0.462 e. The van der Waals surface area contributed by atoms with Gasteiger partial charge in [0.25, 0.3) is 0 Å². The Morgan fingerprint density at radius 2 is 1.08 bits per heavy atom. The molecular formula is C51H81O14P. The number of phosphoric acid groups is 1. The van der Waals surface area contributed by atoms with Crippen LogP contribution in [0.15, 0.2) is 109 Å². The first kappa shape index (κ1) is 60.5. The molecule has 1 saturated carbocycles. The molecule has 1 aliphatic carbocycles. The summed E-state index contributed by atoms with van der Waals surface area (Å²) < 4.78 is 33.4. The first-order valence-electron chi connectivity index (χ1n) is 23.8. The number of ether oxygens (including phenoxy) is 2. The highest BCUT2D eigenvalue weighted by molar-refractivity contribution is 7.47. The van der Waals surface area contributed by atoms with Gasteiger partial charge in [0.15, 0.2) is 6.10 Å². The summed E-state index contributed by atoms with van der Waals surface area (Å²) in [5.41, 5.74) is 0. The second kappa shape index (κ2) is 39.5. The van der Waals surface area contributed by atoms with Gasteiger partial charge in [-0.2, -0.15) is 0 Å². The maximum atomic E-state index is 12.8. The van der Waals surface area contributed by atoms with E-state index in [2.05, 4.69) is 50.3 Å². The summed E-state index contributed by atoms with van der Waals surface area (Å²) >= 11 is 0. The average Bonchev–Trinajstić information content (AvgIpc) is 3.29. The Hall–Kier alpha value is -3.53. The van der Waals surface area contributed by atoms with Crippen molar-refractivity contribution in [2.75, 3.05) is 13.2 Å². The van der Waals surface area contributed by atoms with E-state index in [1.165, 1.54) is 38.5 Å². The van der Waals surface area contributed by atoms with Gasteiger partial charge >= 0.3 is 19.8 Å². The second-order valence-corrected chi connectivity index (χ2v) is 17.5. The summed E-state index contributed by atoms with van der Waals surface area (Å²) in [5.74, 6) is -1.30. The van der Waals surface area contributed by atoms with Crippen LogP contribution in [0.4, 0.5) is 0 Å². The predicted octanol–water partition coefficient (Wildman–Crippen LogP) is 8.58. The van der Waals surface area contributed by atoms with E-state index in [4.69, 9.17) is 18.5 Å². The molecule has 15 heteroatoms. The highest BCUT2D eigenvalue weighted by Gasteiger charge is 2.51. The molecule has 0 bridgehead atoms. The molecule has 0 saturated heterocycles. The van der Waals surface area contributed by atoms with Gasteiger partial charge in [-0.1, -0.05) is 155 Å². The lowest BCUT2D eigenvalue weighted by atomic mass is 9.85. The van der Waals surface area contributed by atoms with Gasteiger partial charge in [0.2, 0.25) is 0 Å². The SMILES string of the molecule is CC/C=C\C/C=C\CC(O)/C=C/C=C\C/C=C\C/C=C\CCC(=O)OC[C@H](COP(=O)(O)OC1[C@H](O)[C@H](O)C(O)[C@H](O)[C@H]1O)OC(=O)CCC/C=C\C/C=C\C/C=C\CCCCCCCC. The molecule has 0 heterocycles. The third-order valence-electron chi connectivity index (χ3n) is 10.2. The number of hydrogen-bond acceptors (Lipinski definition) is 13. The Labute approximate surface area is 394 Å². The minimum atomic E-state index is -5.17. The molecule has 0 radical (unpaired) electrons. The van der Waals surface area contributed by atoms with Crippen molar-refractivity contribution in [1.82, 2.24) is 0 Å². The summed E-state index contributed by atoms with van der Waals surface area (Å²) in [6, 6.07) is 0. The normalized spacial score (nSPS) is 22.7. The van der Waals surface area contributed by atoms with Gasteiger partial charge in [0.1, 0.15) is 43.2 Å². The van der Waals surface area contributed by atoms with Crippen molar-refractivity contribution in [3.63, 3.8) is 0 Å². The van der Waals surface area contributed by atoms with Crippen molar-refractivity contribution in [3.05, 3.63) is 109 Å². The van der Waals surface area contributed by atoms with Crippen LogP contribution in [0.2, 0.25) is 0 Å². The summed E-state index contributed by atoms with van der Waals surface area (Å²) in [4.78, 5) is 35.7. The average molecular weight is 949 g/mol. The van der Waals surface area contributed by atoms with Crippen LogP contribution in [0.3, 0.4) is 0 Å². The Bertz CT molecular complexity index is 1580. The lowest BCUT2D eigenvalue weighted by Crippen LogP contribution is -2.64. The maximum absolute atomic E-state index is 12.8. The van der Waals surface area contributed by atoms with E-state index >= 15 is 0 Å². The molecule has 0 spiro atoms. The van der Waals surface area contributed by atoms with E-state index in [1.807, 2.05) is 66.8 Å².